The van der Waals surface area contributed by atoms with Gasteiger partial charge in [0.1, 0.15) is 6.10 Å². The Bertz CT molecular complexity index is 1760. The Hall–Kier alpha value is -3.77. The lowest BCUT2D eigenvalue weighted by atomic mass is 10.0. The van der Waals surface area contributed by atoms with E-state index in [0.29, 0.717) is 40.8 Å². The maximum atomic E-state index is 14.5. The molecule has 0 saturated carbocycles. The fourth-order valence-corrected chi connectivity index (χ4v) is 6.45. The van der Waals surface area contributed by atoms with Gasteiger partial charge in [-0.2, -0.15) is 5.10 Å². The van der Waals surface area contributed by atoms with Crippen LogP contribution in [0, 0.1) is 0 Å². The highest BCUT2D eigenvalue weighted by molar-refractivity contribution is 9.10. The van der Waals surface area contributed by atoms with Gasteiger partial charge in [-0.3, -0.25) is 4.90 Å². The van der Waals surface area contributed by atoms with Gasteiger partial charge in [-0.05, 0) is 42.6 Å². The van der Waals surface area contributed by atoms with Crippen LogP contribution in [-0.2, 0) is 11.3 Å². The number of rotatable bonds is 10. The van der Waals surface area contributed by atoms with Crippen LogP contribution < -0.4 is 4.90 Å². The predicted molar refractivity (Wildman–Crippen MR) is 188 cm³/mol. The van der Waals surface area contributed by atoms with Crippen molar-refractivity contribution in [3.8, 4) is 0 Å². The molecule has 0 aliphatic carbocycles. The van der Waals surface area contributed by atoms with Gasteiger partial charge in [-0.15, -0.1) is 0 Å². The van der Waals surface area contributed by atoms with E-state index in [1.54, 1.807) is 11.1 Å². The van der Waals surface area contributed by atoms with Crippen molar-refractivity contribution >= 4 is 56.3 Å². The Kier molecular flexibility index (Phi) is 10.3. The molecule has 0 bridgehead atoms. The molecule has 1 aliphatic heterocycles. The molecule has 2 atom stereocenters. The Morgan fingerprint density at radius 1 is 0.935 bits per heavy atom. The number of aromatic nitrogens is 4. The molecule has 0 N–H and O–H groups in total. The van der Waals surface area contributed by atoms with E-state index in [1.165, 1.54) is 17.3 Å². The predicted octanol–water partition coefficient (Wildman–Crippen LogP) is 7.38. The molecule has 2 unspecified atom stereocenters. The molecule has 0 radical (unpaired) electrons. The summed E-state index contributed by atoms with van der Waals surface area (Å²) in [5, 5.41) is 5.96. The van der Waals surface area contributed by atoms with E-state index in [-0.39, 0.29) is 5.92 Å². The van der Waals surface area contributed by atoms with Crippen LogP contribution in [0.25, 0.3) is 11.0 Å². The summed E-state index contributed by atoms with van der Waals surface area (Å²) < 4.78 is 9.19. The van der Waals surface area contributed by atoms with Gasteiger partial charge in [0, 0.05) is 49.7 Å². The first-order valence-electron chi connectivity index (χ1n) is 15.4. The second-order valence-corrected chi connectivity index (χ2v) is 13.3. The number of carbonyl (C=O) groups excluding carboxylic acids is 1. The van der Waals surface area contributed by atoms with Crippen LogP contribution in [0.4, 0.5) is 16.3 Å². The summed E-state index contributed by atoms with van der Waals surface area (Å²) in [7, 11) is 2.14. The van der Waals surface area contributed by atoms with Crippen molar-refractivity contribution in [2.75, 3.05) is 50.9 Å². The molecule has 1 fully saturated rings. The summed E-state index contributed by atoms with van der Waals surface area (Å²) >= 11 is 5.02. The van der Waals surface area contributed by atoms with E-state index in [1.807, 2.05) is 83.7 Å². The lowest BCUT2D eigenvalue weighted by Crippen LogP contribution is -2.46. The Morgan fingerprint density at radius 3 is 2.30 bits per heavy atom. The molecule has 3 aromatic carbocycles. The normalized spacial score (nSPS) is 15.5. The van der Waals surface area contributed by atoms with Crippen molar-refractivity contribution in [3.63, 3.8) is 0 Å². The highest BCUT2D eigenvalue weighted by atomic mass is 79.9. The lowest BCUT2D eigenvalue weighted by Gasteiger charge is -2.35. The number of carbonyl (C=O) groups is 1. The third-order valence-corrected chi connectivity index (χ3v) is 9.39. The molecule has 1 amide bonds. The molecule has 3 heterocycles. The van der Waals surface area contributed by atoms with Gasteiger partial charge in [0.15, 0.2) is 16.6 Å². The van der Waals surface area contributed by atoms with Gasteiger partial charge in [-0.1, -0.05) is 101 Å². The number of likely N-dealkylation sites (N-methyl/N-ethyl adjacent to an activating group) is 1. The average molecular weight is 701 g/mol. The molecule has 1 saturated heterocycles. The maximum absolute atomic E-state index is 14.5. The number of ether oxygens (including phenoxy) is 1. The van der Waals surface area contributed by atoms with E-state index >= 15 is 0 Å². The molecule has 1 aliphatic rings. The fraction of sp³-hybridized carbons (Fsp3) is 0.314. The van der Waals surface area contributed by atoms with Crippen molar-refractivity contribution in [2.24, 2.45) is 0 Å². The summed E-state index contributed by atoms with van der Waals surface area (Å²) in [5.74, 6) is 0.635. The van der Waals surface area contributed by atoms with Crippen LogP contribution in [0.5, 0.6) is 0 Å². The van der Waals surface area contributed by atoms with E-state index in [4.69, 9.17) is 19.8 Å². The number of hydrogen-bond acceptors (Lipinski definition) is 8. The van der Waals surface area contributed by atoms with Gasteiger partial charge < -0.3 is 9.64 Å². The fourth-order valence-electron chi connectivity index (χ4n) is 5.71. The second-order valence-electron chi connectivity index (χ2n) is 11.6. The summed E-state index contributed by atoms with van der Waals surface area (Å²) in [6.45, 7) is 7.18. The molecule has 9 nitrogen and oxygen atoms in total. The van der Waals surface area contributed by atoms with Gasteiger partial charge in [0.05, 0.1) is 17.3 Å². The number of halogens is 1. The van der Waals surface area contributed by atoms with Crippen molar-refractivity contribution in [1.82, 2.24) is 29.5 Å². The molecule has 11 heteroatoms. The SMILES string of the molecule is CSc1nc(N(C(=O)OC(CN2CCN(C)CC2)c2ccccc2)c2cccc(Br)c2)c2cnn(CC(C)c3ccccc3)c2n1. The summed E-state index contributed by atoms with van der Waals surface area (Å²) in [4.78, 5) is 30.5. The second kappa shape index (κ2) is 14.8. The van der Waals surface area contributed by atoms with E-state index < -0.39 is 12.2 Å². The zero-order valence-electron chi connectivity index (χ0n) is 26.3. The first kappa shape index (κ1) is 32.2. The molecule has 238 valence electrons. The third-order valence-electron chi connectivity index (χ3n) is 8.35. The molecule has 5 aromatic rings. The zero-order valence-corrected chi connectivity index (χ0v) is 28.7. The highest BCUT2D eigenvalue weighted by Gasteiger charge is 2.30. The van der Waals surface area contributed by atoms with E-state index in [0.717, 1.165) is 36.2 Å². The minimum absolute atomic E-state index is 0.202. The number of piperazine rings is 1. The quantitative estimate of drug-likeness (QED) is 0.110. The molecular formula is C35H38BrN7O2S. The first-order chi connectivity index (χ1) is 22.4. The molecule has 46 heavy (non-hydrogen) atoms. The smallest absolute Gasteiger partial charge is 0.420 e. The van der Waals surface area contributed by atoms with E-state index in [9.17, 15) is 4.79 Å². The van der Waals surface area contributed by atoms with Crippen LogP contribution in [0.15, 0.2) is 101 Å². The third kappa shape index (κ3) is 7.44. The van der Waals surface area contributed by atoms with Crippen molar-refractivity contribution in [3.05, 3.63) is 107 Å². The minimum atomic E-state index is -0.515. The number of benzene rings is 3. The number of thioether (sulfide) groups is 1. The topological polar surface area (TPSA) is 79.6 Å². The Labute approximate surface area is 282 Å². The first-order valence-corrected chi connectivity index (χ1v) is 17.5. The Morgan fingerprint density at radius 2 is 1.63 bits per heavy atom. The van der Waals surface area contributed by atoms with Gasteiger partial charge in [-0.25, -0.2) is 24.3 Å². The number of amides is 1. The highest BCUT2D eigenvalue weighted by Crippen LogP contribution is 2.35. The van der Waals surface area contributed by atoms with Gasteiger partial charge >= 0.3 is 6.09 Å². The monoisotopic (exact) mass is 699 g/mol. The van der Waals surface area contributed by atoms with Crippen molar-refractivity contribution in [2.45, 2.75) is 30.6 Å². The summed E-state index contributed by atoms with van der Waals surface area (Å²) in [6.07, 6.45) is 2.70. The molecule has 0 spiro atoms. The lowest BCUT2D eigenvalue weighted by molar-refractivity contribution is 0.0588. The summed E-state index contributed by atoms with van der Waals surface area (Å²) in [5.41, 5.74) is 3.46. The largest absolute Gasteiger partial charge is 0.439 e. The average Bonchev–Trinajstić information content (AvgIpc) is 3.48. The number of fused-ring (bicyclic) bond motifs is 1. The Balaban J connectivity index is 1.39. The number of anilines is 2. The van der Waals surface area contributed by atoms with E-state index in [2.05, 4.69) is 51.8 Å². The molecule has 2 aromatic heterocycles. The molecular weight excluding hydrogens is 662 g/mol. The zero-order chi connectivity index (χ0) is 32.0. The van der Waals surface area contributed by atoms with Crippen LogP contribution in [0.1, 0.15) is 30.1 Å². The van der Waals surface area contributed by atoms with Crippen LogP contribution in [0.2, 0.25) is 0 Å². The van der Waals surface area contributed by atoms with Crippen molar-refractivity contribution < 1.29 is 9.53 Å². The van der Waals surface area contributed by atoms with Crippen LogP contribution in [0.3, 0.4) is 0 Å². The number of hydrogen-bond donors (Lipinski definition) is 0. The summed E-state index contributed by atoms with van der Waals surface area (Å²) in [6, 6.07) is 28.0. The van der Waals surface area contributed by atoms with Crippen molar-refractivity contribution in [1.29, 1.82) is 0 Å². The maximum Gasteiger partial charge on any atom is 0.420 e. The van der Waals surface area contributed by atoms with Crippen LogP contribution >= 0.6 is 27.7 Å². The minimum Gasteiger partial charge on any atom is -0.439 e. The van der Waals surface area contributed by atoms with Gasteiger partial charge in [0.25, 0.3) is 0 Å². The van der Waals surface area contributed by atoms with Crippen LogP contribution in [-0.4, -0.2) is 81.7 Å². The molecule has 6 rings (SSSR count). The van der Waals surface area contributed by atoms with Gasteiger partial charge in [0.2, 0.25) is 0 Å². The number of nitrogens with zero attached hydrogens (tertiary/aromatic N) is 7. The standard InChI is InChI=1S/C35H38BrN7O2S/c1-25(26-11-6-4-7-12-26)23-42-32-30(22-37-42)33(39-34(38-32)46-3)43(29-16-10-15-28(36)21-29)35(44)45-31(27-13-8-5-9-14-27)24-41-19-17-40(2)18-20-41/h4-16,21-22,25,31H,17-20,23-24H2,1-3H3.